The SMILES string of the molecule is O=C1NC(=O)/C(=C/c2cnn3c(NC4CC4)nc(NCC4CCCOC4)nc23)N1. The number of ether oxygens (including phenoxy) is 1. The summed E-state index contributed by atoms with van der Waals surface area (Å²) >= 11 is 0. The Morgan fingerprint density at radius 1 is 1.24 bits per heavy atom. The van der Waals surface area contributed by atoms with Crippen LogP contribution in [0.15, 0.2) is 11.9 Å². The van der Waals surface area contributed by atoms with E-state index in [4.69, 9.17) is 4.74 Å². The number of urea groups is 1. The fraction of sp³-hybridized carbons (Fsp3) is 0.500. The predicted octanol–water partition coefficient (Wildman–Crippen LogP) is 0.717. The van der Waals surface area contributed by atoms with Crippen molar-refractivity contribution in [2.24, 2.45) is 5.92 Å². The molecule has 0 bridgehead atoms. The van der Waals surface area contributed by atoms with E-state index < -0.39 is 11.9 Å². The van der Waals surface area contributed by atoms with Gasteiger partial charge in [0.1, 0.15) is 5.70 Å². The molecule has 2 aliphatic heterocycles. The van der Waals surface area contributed by atoms with E-state index in [9.17, 15) is 9.59 Å². The molecular formula is C18H22N8O3. The zero-order valence-corrected chi connectivity index (χ0v) is 15.8. The van der Waals surface area contributed by atoms with Crippen LogP contribution in [0.4, 0.5) is 16.7 Å². The summed E-state index contributed by atoms with van der Waals surface area (Å²) in [4.78, 5) is 32.4. The van der Waals surface area contributed by atoms with E-state index in [1.165, 1.54) is 0 Å². The zero-order valence-electron chi connectivity index (χ0n) is 15.8. The van der Waals surface area contributed by atoms with Gasteiger partial charge in [-0.2, -0.15) is 19.6 Å². The van der Waals surface area contributed by atoms with Crippen molar-refractivity contribution in [2.45, 2.75) is 31.7 Å². The van der Waals surface area contributed by atoms with E-state index in [0.29, 0.717) is 35.1 Å². The average molecular weight is 398 g/mol. The third-order valence-electron chi connectivity index (χ3n) is 5.13. The fourth-order valence-corrected chi connectivity index (χ4v) is 3.42. The molecule has 1 aliphatic carbocycles. The summed E-state index contributed by atoms with van der Waals surface area (Å²) in [5.41, 5.74) is 1.32. The molecule has 1 saturated carbocycles. The predicted molar refractivity (Wildman–Crippen MR) is 104 cm³/mol. The Hall–Kier alpha value is -3.21. The van der Waals surface area contributed by atoms with Crippen molar-refractivity contribution in [3.63, 3.8) is 0 Å². The van der Waals surface area contributed by atoms with Crippen LogP contribution < -0.4 is 21.3 Å². The Morgan fingerprint density at radius 3 is 2.86 bits per heavy atom. The summed E-state index contributed by atoms with van der Waals surface area (Å²) in [6.45, 7) is 2.29. The van der Waals surface area contributed by atoms with Gasteiger partial charge in [-0.1, -0.05) is 0 Å². The Kier molecular flexibility index (Phi) is 4.51. The maximum absolute atomic E-state index is 11.9. The highest BCUT2D eigenvalue weighted by atomic mass is 16.5. The lowest BCUT2D eigenvalue weighted by Gasteiger charge is -2.22. The highest BCUT2D eigenvalue weighted by molar-refractivity contribution is 6.14. The van der Waals surface area contributed by atoms with Gasteiger partial charge >= 0.3 is 6.03 Å². The second-order valence-electron chi connectivity index (χ2n) is 7.56. The van der Waals surface area contributed by atoms with Gasteiger partial charge in [0.05, 0.1) is 12.8 Å². The van der Waals surface area contributed by atoms with Crippen molar-refractivity contribution >= 4 is 35.6 Å². The van der Waals surface area contributed by atoms with Crippen LogP contribution in [0.3, 0.4) is 0 Å². The number of hydrogen-bond acceptors (Lipinski definition) is 8. The van der Waals surface area contributed by atoms with Crippen LogP contribution in [0.5, 0.6) is 0 Å². The minimum Gasteiger partial charge on any atom is -0.381 e. The molecule has 0 radical (unpaired) electrons. The number of imide groups is 1. The summed E-state index contributed by atoms with van der Waals surface area (Å²) in [6.07, 6.45) is 7.53. The monoisotopic (exact) mass is 398 g/mol. The van der Waals surface area contributed by atoms with Crippen LogP contribution in [-0.4, -0.2) is 57.3 Å². The number of nitrogens with zero attached hydrogens (tertiary/aromatic N) is 4. The molecule has 2 aromatic rings. The second kappa shape index (κ2) is 7.32. The molecule has 0 spiro atoms. The Labute approximate surface area is 166 Å². The Morgan fingerprint density at radius 2 is 2.14 bits per heavy atom. The number of hydrogen-bond donors (Lipinski definition) is 4. The van der Waals surface area contributed by atoms with Gasteiger partial charge < -0.3 is 20.7 Å². The van der Waals surface area contributed by atoms with E-state index in [0.717, 1.165) is 45.4 Å². The van der Waals surface area contributed by atoms with Gasteiger partial charge in [0.25, 0.3) is 5.91 Å². The minimum atomic E-state index is -0.541. The first kappa shape index (κ1) is 17.9. The van der Waals surface area contributed by atoms with Gasteiger partial charge in [0.2, 0.25) is 11.9 Å². The molecule has 29 heavy (non-hydrogen) atoms. The van der Waals surface area contributed by atoms with Crippen molar-refractivity contribution < 1.29 is 14.3 Å². The van der Waals surface area contributed by atoms with E-state index in [1.807, 2.05) is 0 Å². The summed E-state index contributed by atoms with van der Waals surface area (Å²) in [6, 6.07) is -0.154. The first-order valence-electron chi connectivity index (χ1n) is 9.83. The summed E-state index contributed by atoms with van der Waals surface area (Å²) in [5, 5.41) is 15.7. The smallest absolute Gasteiger partial charge is 0.326 e. The highest BCUT2D eigenvalue weighted by Crippen LogP contribution is 2.26. The van der Waals surface area contributed by atoms with E-state index in [-0.39, 0.29) is 5.70 Å². The van der Waals surface area contributed by atoms with Crippen molar-refractivity contribution in [3.8, 4) is 0 Å². The maximum atomic E-state index is 11.9. The van der Waals surface area contributed by atoms with Crippen molar-refractivity contribution in [1.82, 2.24) is 30.2 Å². The third-order valence-corrected chi connectivity index (χ3v) is 5.13. The second-order valence-corrected chi connectivity index (χ2v) is 7.56. The quantitative estimate of drug-likeness (QED) is 0.413. The summed E-state index contributed by atoms with van der Waals surface area (Å²) in [7, 11) is 0. The fourth-order valence-electron chi connectivity index (χ4n) is 3.42. The van der Waals surface area contributed by atoms with E-state index in [1.54, 1.807) is 16.8 Å². The van der Waals surface area contributed by atoms with Gasteiger partial charge in [-0.05, 0) is 37.7 Å². The van der Waals surface area contributed by atoms with E-state index in [2.05, 4.69) is 36.3 Å². The molecule has 1 unspecified atom stereocenters. The lowest BCUT2D eigenvalue weighted by molar-refractivity contribution is -0.115. The summed E-state index contributed by atoms with van der Waals surface area (Å²) < 4.78 is 7.16. The molecule has 3 aliphatic rings. The molecular weight excluding hydrogens is 376 g/mol. The number of anilines is 2. The normalized spacial score (nSPS) is 23.3. The number of fused-ring (bicyclic) bond motifs is 1. The third kappa shape index (κ3) is 3.86. The molecule has 1 atom stereocenters. The van der Waals surface area contributed by atoms with Gasteiger partial charge in [-0.15, -0.1) is 0 Å². The van der Waals surface area contributed by atoms with Crippen molar-refractivity contribution in [1.29, 1.82) is 0 Å². The summed E-state index contributed by atoms with van der Waals surface area (Å²) in [5.74, 6) is 1.04. The van der Waals surface area contributed by atoms with Crippen LogP contribution in [0.2, 0.25) is 0 Å². The average Bonchev–Trinajstić information content (AvgIpc) is 3.36. The number of aromatic nitrogens is 4. The van der Waals surface area contributed by atoms with Gasteiger partial charge in [-0.25, -0.2) is 4.79 Å². The molecule has 11 heteroatoms. The largest absolute Gasteiger partial charge is 0.381 e. The zero-order chi connectivity index (χ0) is 19.8. The van der Waals surface area contributed by atoms with Crippen molar-refractivity contribution in [3.05, 3.63) is 17.5 Å². The van der Waals surface area contributed by atoms with Crippen LogP contribution in [-0.2, 0) is 9.53 Å². The Balaban J connectivity index is 1.46. The van der Waals surface area contributed by atoms with Crippen LogP contribution >= 0.6 is 0 Å². The topological polar surface area (TPSA) is 135 Å². The number of carbonyl (C=O) groups is 2. The lowest BCUT2D eigenvalue weighted by atomic mass is 10.0. The number of nitrogens with one attached hydrogen (secondary N) is 4. The molecule has 11 nitrogen and oxygen atoms in total. The van der Waals surface area contributed by atoms with Gasteiger partial charge in [0.15, 0.2) is 5.65 Å². The first-order valence-corrected chi connectivity index (χ1v) is 9.83. The molecule has 3 fully saturated rings. The molecule has 152 valence electrons. The van der Waals surface area contributed by atoms with E-state index >= 15 is 0 Å². The maximum Gasteiger partial charge on any atom is 0.326 e. The highest BCUT2D eigenvalue weighted by Gasteiger charge is 2.26. The van der Waals surface area contributed by atoms with Crippen LogP contribution in [0.1, 0.15) is 31.2 Å². The standard InChI is InChI=1S/C18H22N8O3/c27-15-13(22-18(28)24-15)6-11-8-20-26-14(11)23-16(25-17(26)21-12-3-4-12)19-7-10-2-1-5-29-9-10/h6,8,10,12H,1-5,7,9H2,(H2,19,21,23,25)(H2,22,24,27,28)/b13-6-. The van der Waals surface area contributed by atoms with Gasteiger partial charge in [-0.3, -0.25) is 10.1 Å². The van der Waals surface area contributed by atoms with Crippen LogP contribution in [0, 0.1) is 5.92 Å². The lowest BCUT2D eigenvalue weighted by Crippen LogP contribution is -2.25. The number of carbonyl (C=O) groups excluding carboxylic acids is 2. The molecule has 2 saturated heterocycles. The molecule has 4 N–H and O–H groups in total. The molecule has 2 aromatic heterocycles. The Bertz CT molecular complexity index is 990. The molecule has 3 amide bonds. The van der Waals surface area contributed by atoms with Crippen molar-refractivity contribution in [2.75, 3.05) is 30.4 Å². The first-order chi connectivity index (χ1) is 14.2. The number of rotatable bonds is 6. The van der Waals surface area contributed by atoms with Crippen LogP contribution in [0.25, 0.3) is 11.7 Å². The van der Waals surface area contributed by atoms with Gasteiger partial charge in [0, 0.05) is 24.8 Å². The minimum absolute atomic E-state index is 0.161. The molecule has 4 heterocycles. The molecule has 5 rings (SSSR count). The molecule has 0 aromatic carbocycles. The number of amides is 3.